The van der Waals surface area contributed by atoms with Crippen molar-refractivity contribution in [3.05, 3.63) is 51.9 Å². The second-order valence-corrected chi connectivity index (χ2v) is 4.36. The van der Waals surface area contributed by atoms with Gasteiger partial charge in [0.05, 0.1) is 22.9 Å². The van der Waals surface area contributed by atoms with Crippen molar-refractivity contribution in [2.24, 2.45) is 0 Å². The van der Waals surface area contributed by atoms with Gasteiger partial charge in [0.15, 0.2) is 5.75 Å². The number of carbonyl (C=O) groups excluding carboxylic acids is 1. The van der Waals surface area contributed by atoms with Crippen LogP contribution in [0.3, 0.4) is 0 Å². The lowest BCUT2D eigenvalue weighted by Crippen LogP contribution is -2.22. The average Bonchev–Trinajstić information content (AvgIpc) is 2.85. The van der Waals surface area contributed by atoms with E-state index in [-0.39, 0.29) is 33.8 Å². The van der Waals surface area contributed by atoms with Gasteiger partial charge in [-0.2, -0.15) is 0 Å². The minimum atomic E-state index is -0.352. The van der Waals surface area contributed by atoms with Crippen LogP contribution in [-0.4, -0.2) is 11.0 Å². The summed E-state index contributed by atoms with van der Waals surface area (Å²) in [5.41, 5.74) is 0.273. The summed E-state index contributed by atoms with van der Waals surface area (Å²) in [6.45, 7) is 0.266. The number of phenols is 1. The summed E-state index contributed by atoms with van der Waals surface area (Å²) < 4.78 is 5.08. The van der Waals surface area contributed by atoms with E-state index in [1.165, 1.54) is 18.4 Å². The Morgan fingerprint density at radius 1 is 1.33 bits per heavy atom. The van der Waals surface area contributed by atoms with Crippen LogP contribution < -0.4 is 5.32 Å². The van der Waals surface area contributed by atoms with Crippen LogP contribution in [0, 0.1) is 0 Å². The lowest BCUT2D eigenvalue weighted by atomic mass is 10.2. The molecule has 4 nitrogen and oxygen atoms in total. The third-order valence-electron chi connectivity index (χ3n) is 2.28. The molecule has 0 aliphatic rings. The molecule has 1 aromatic carbocycles. The first-order chi connectivity index (χ1) is 8.58. The minimum absolute atomic E-state index is 0.0330. The molecular weight excluding hydrogens is 277 g/mol. The molecule has 0 aliphatic heterocycles. The number of phenolic OH excluding ortho intramolecular Hbond substituents is 1. The second kappa shape index (κ2) is 5.33. The summed E-state index contributed by atoms with van der Waals surface area (Å²) in [4.78, 5) is 11.8. The molecule has 0 radical (unpaired) electrons. The fourth-order valence-electron chi connectivity index (χ4n) is 1.38. The van der Waals surface area contributed by atoms with E-state index in [9.17, 15) is 9.90 Å². The van der Waals surface area contributed by atoms with Crippen molar-refractivity contribution in [3.63, 3.8) is 0 Å². The molecule has 0 spiro atoms. The zero-order valence-electron chi connectivity index (χ0n) is 9.11. The number of halogens is 2. The molecule has 2 aromatic rings. The summed E-state index contributed by atoms with van der Waals surface area (Å²) in [6.07, 6.45) is 1.52. The number of benzene rings is 1. The summed E-state index contributed by atoms with van der Waals surface area (Å²) in [5.74, 6) is 0.0513. The second-order valence-electron chi connectivity index (χ2n) is 3.55. The Labute approximate surface area is 113 Å². The van der Waals surface area contributed by atoms with Gasteiger partial charge in [-0.25, -0.2) is 0 Å². The summed E-state index contributed by atoms with van der Waals surface area (Å²) in [7, 11) is 0. The summed E-state index contributed by atoms with van der Waals surface area (Å²) in [5, 5.41) is 12.1. The maximum Gasteiger partial charge on any atom is 0.251 e. The highest BCUT2D eigenvalue weighted by Crippen LogP contribution is 2.32. The first-order valence-electron chi connectivity index (χ1n) is 5.06. The Balaban J connectivity index is 2.09. The predicted octanol–water partition coefficient (Wildman–Crippen LogP) is 3.22. The van der Waals surface area contributed by atoms with Crippen molar-refractivity contribution in [1.29, 1.82) is 0 Å². The third-order valence-corrected chi connectivity index (χ3v) is 2.86. The van der Waals surface area contributed by atoms with Gasteiger partial charge in [0.2, 0.25) is 0 Å². The van der Waals surface area contributed by atoms with Gasteiger partial charge in [0.1, 0.15) is 5.76 Å². The van der Waals surface area contributed by atoms with Crippen LogP contribution in [0.1, 0.15) is 16.1 Å². The number of nitrogens with one attached hydrogen (secondary N) is 1. The Morgan fingerprint density at radius 3 is 2.56 bits per heavy atom. The van der Waals surface area contributed by atoms with Crippen molar-refractivity contribution in [1.82, 2.24) is 5.32 Å². The zero-order chi connectivity index (χ0) is 13.1. The highest BCUT2D eigenvalue weighted by Gasteiger charge is 2.12. The molecule has 0 unspecified atom stereocenters. The maximum atomic E-state index is 11.8. The Kier molecular flexibility index (Phi) is 3.79. The molecule has 94 valence electrons. The van der Waals surface area contributed by atoms with Crippen molar-refractivity contribution >= 4 is 29.1 Å². The van der Waals surface area contributed by atoms with Crippen LogP contribution in [0.5, 0.6) is 5.75 Å². The number of hydrogen-bond acceptors (Lipinski definition) is 3. The molecule has 1 aromatic heterocycles. The van der Waals surface area contributed by atoms with Gasteiger partial charge in [0.25, 0.3) is 5.91 Å². The quantitative estimate of drug-likeness (QED) is 0.910. The van der Waals surface area contributed by atoms with E-state index in [1.54, 1.807) is 12.1 Å². The molecule has 0 aliphatic carbocycles. The van der Waals surface area contributed by atoms with E-state index >= 15 is 0 Å². The highest BCUT2D eigenvalue weighted by molar-refractivity contribution is 6.37. The van der Waals surface area contributed by atoms with Gasteiger partial charge in [-0.05, 0) is 24.3 Å². The topological polar surface area (TPSA) is 62.5 Å². The van der Waals surface area contributed by atoms with Crippen LogP contribution in [0.25, 0.3) is 0 Å². The fraction of sp³-hybridized carbons (Fsp3) is 0.0833. The van der Waals surface area contributed by atoms with E-state index < -0.39 is 0 Å². The van der Waals surface area contributed by atoms with Gasteiger partial charge < -0.3 is 14.8 Å². The van der Waals surface area contributed by atoms with Crippen LogP contribution in [0.4, 0.5) is 0 Å². The molecule has 1 amide bonds. The SMILES string of the molecule is O=C(NCc1ccco1)c1cc(Cl)c(O)c(Cl)c1. The predicted molar refractivity (Wildman–Crippen MR) is 68.0 cm³/mol. The van der Waals surface area contributed by atoms with Crippen molar-refractivity contribution in [2.75, 3.05) is 0 Å². The van der Waals surface area contributed by atoms with Crippen LogP contribution in [0.15, 0.2) is 34.9 Å². The first-order valence-corrected chi connectivity index (χ1v) is 5.82. The monoisotopic (exact) mass is 285 g/mol. The van der Waals surface area contributed by atoms with Crippen LogP contribution in [0.2, 0.25) is 10.0 Å². The van der Waals surface area contributed by atoms with E-state index in [2.05, 4.69) is 5.32 Å². The molecule has 2 rings (SSSR count). The van der Waals surface area contributed by atoms with Crippen LogP contribution >= 0.6 is 23.2 Å². The van der Waals surface area contributed by atoms with Gasteiger partial charge in [0, 0.05) is 5.56 Å². The standard InChI is InChI=1S/C12H9Cl2NO3/c13-9-4-7(5-10(14)11(9)16)12(17)15-6-8-2-1-3-18-8/h1-5,16H,6H2,(H,15,17). The Morgan fingerprint density at radius 2 is 2.00 bits per heavy atom. The van der Waals surface area contributed by atoms with E-state index in [0.29, 0.717) is 5.76 Å². The molecule has 0 atom stereocenters. The number of hydrogen-bond donors (Lipinski definition) is 2. The lowest BCUT2D eigenvalue weighted by Gasteiger charge is -2.06. The first kappa shape index (κ1) is 12.8. The average molecular weight is 286 g/mol. The molecule has 1 heterocycles. The van der Waals surface area contributed by atoms with Gasteiger partial charge in [-0.15, -0.1) is 0 Å². The third kappa shape index (κ3) is 2.78. The number of carbonyl (C=O) groups is 1. The number of aromatic hydroxyl groups is 1. The molecule has 0 saturated heterocycles. The maximum absolute atomic E-state index is 11.8. The van der Waals surface area contributed by atoms with E-state index in [0.717, 1.165) is 0 Å². The Bertz CT molecular complexity index is 544. The zero-order valence-corrected chi connectivity index (χ0v) is 10.6. The van der Waals surface area contributed by atoms with Crippen molar-refractivity contribution in [2.45, 2.75) is 6.54 Å². The summed E-state index contributed by atoms with van der Waals surface area (Å²) >= 11 is 11.5. The lowest BCUT2D eigenvalue weighted by molar-refractivity contribution is 0.0948. The molecular formula is C12H9Cl2NO3. The van der Waals surface area contributed by atoms with Gasteiger partial charge in [-0.3, -0.25) is 4.79 Å². The molecule has 0 bridgehead atoms. The molecule has 0 saturated carbocycles. The number of amides is 1. The molecule has 2 N–H and O–H groups in total. The molecule has 18 heavy (non-hydrogen) atoms. The number of rotatable bonds is 3. The largest absolute Gasteiger partial charge is 0.505 e. The van der Waals surface area contributed by atoms with Crippen molar-refractivity contribution < 1.29 is 14.3 Å². The van der Waals surface area contributed by atoms with E-state index in [4.69, 9.17) is 27.6 Å². The van der Waals surface area contributed by atoms with Gasteiger partial charge >= 0.3 is 0 Å². The minimum Gasteiger partial charge on any atom is -0.505 e. The highest BCUT2D eigenvalue weighted by atomic mass is 35.5. The normalized spacial score (nSPS) is 10.3. The summed E-state index contributed by atoms with van der Waals surface area (Å²) in [6, 6.07) is 6.17. The Hall–Kier alpha value is -1.65. The fourth-order valence-corrected chi connectivity index (χ4v) is 1.87. The number of furan rings is 1. The van der Waals surface area contributed by atoms with Crippen molar-refractivity contribution in [3.8, 4) is 5.75 Å². The molecule has 0 fully saturated rings. The molecule has 6 heteroatoms. The smallest absolute Gasteiger partial charge is 0.251 e. The van der Waals surface area contributed by atoms with Gasteiger partial charge in [-0.1, -0.05) is 23.2 Å². The van der Waals surface area contributed by atoms with Crippen LogP contribution in [-0.2, 0) is 6.54 Å². The van der Waals surface area contributed by atoms with E-state index in [1.807, 2.05) is 0 Å².